The molecule has 0 spiro atoms. The fourth-order valence-corrected chi connectivity index (χ4v) is 11.5. The van der Waals surface area contributed by atoms with E-state index in [1.807, 2.05) is 82.6 Å². The van der Waals surface area contributed by atoms with Crippen molar-refractivity contribution in [3.05, 3.63) is 143 Å². The van der Waals surface area contributed by atoms with Crippen LogP contribution in [0.2, 0.25) is 0 Å². The number of rotatable bonds is 8. The Morgan fingerprint density at radius 2 is 0.615 bits per heavy atom. The summed E-state index contributed by atoms with van der Waals surface area (Å²) in [5, 5.41) is 11.1. The predicted molar refractivity (Wildman–Crippen MR) is 235 cm³/mol. The highest BCUT2D eigenvalue weighted by atomic mass is 33.1. The van der Waals surface area contributed by atoms with Gasteiger partial charge in [-0.05, 0) is 21.6 Å². The van der Waals surface area contributed by atoms with E-state index in [4.69, 9.17) is 44.4 Å². The van der Waals surface area contributed by atoms with Crippen LogP contribution in [0.3, 0.4) is 0 Å². The number of nitrogens with zero attached hydrogens (tertiary/aromatic N) is 6. The van der Waals surface area contributed by atoms with Gasteiger partial charge in [-0.15, -0.1) is 45.3 Å². The van der Waals surface area contributed by atoms with Crippen LogP contribution < -0.4 is 9.80 Å². The van der Waals surface area contributed by atoms with Crippen molar-refractivity contribution in [2.75, 3.05) is 9.80 Å². The zero-order valence-corrected chi connectivity index (χ0v) is 33.3. The van der Waals surface area contributed by atoms with E-state index < -0.39 is 0 Å². The second-order valence-electron chi connectivity index (χ2n) is 10.9. The molecule has 8 rings (SSSR count). The maximum atomic E-state index is 6.16. The summed E-state index contributed by atoms with van der Waals surface area (Å²) in [6.07, 6.45) is 0. The monoisotopic (exact) mass is 820 g/mol. The zero-order chi connectivity index (χ0) is 35.3. The molecule has 0 aliphatic rings. The molecule has 6 nitrogen and oxygen atoms in total. The molecule has 0 radical (unpaired) electrons. The number of hydrogen-bond donors (Lipinski definition) is 0. The smallest absolute Gasteiger partial charge is 0.198 e. The molecule has 0 aliphatic heterocycles. The molecule has 0 unspecified atom stereocenters. The molecule has 0 amide bonds. The van der Waals surface area contributed by atoms with Crippen molar-refractivity contribution in [2.45, 2.75) is 0 Å². The molecule has 4 aromatic heterocycles. The van der Waals surface area contributed by atoms with Crippen LogP contribution in [-0.4, -0.2) is 28.6 Å². The molecule has 52 heavy (non-hydrogen) atoms. The van der Waals surface area contributed by atoms with Crippen molar-refractivity contribution >= 4 is 121 Å². The Bertz CT molecular complexity index is 2100. The zero-order valence-electron chi connectivity index (χ0n) is 26.8. The quantitative estimate of drug-likeness (QED) is 0.109. The number of benzene rings is 4. The summed E-state index contributed by atoms with van der Waals surface area (Å²) < 4.78 is 1.12. The van der Waals surface area contributed by atoms with Gasteiger partial charge in [-0.3, -0.25) is 0 Å². The van der Waals surface area contributed by atoms with E-state index in [2.05, 4.69) is 70.1 Å². The van der Waals surface area contributed by atoms with Crippen LogP contribution in [-0.2, 0) is 0 Å². The maximum absolute atomic E-state index is 6.16. The van der Waals surface area contributed by atoms with E-state index in [-0.39, 0.29) is 0 Å². The van der Waals surface area contributed by atoms with E-state index in [1.54, 1.807) is 0 Å². The first-order valence-corrected chi connectivity index (χ1v) is 22.2. The summed E-state index contributed by atoms with van der Waals surface area (Å²) in [7, 11) is 2.79. The van der Waals surface area contributed by atoms with Gasteiger partial charge in [0.1, 0.15) is 0 Å². The van der Waals surface area contributed by atoms with Crippen LogP contribution in [0.5, 0.6) is 0 Å². The molecule has 4 heterocycles. The number of thiocarbonyl (C=S) groups is 2. The van der Waals surface area contributed by atoms with Gasteiger partial charge in [0.25, 0.3) is 0 Å². The minimum atomic E-state index is 0.559. The highest BCUT2D eigenvalue weighted by Crippen LogP contribution is 2.43. The van der Waals surface area contributed by atoms with E-state index >= 15 is 0 Å². The minimum absolute atomic E-state index is 0.559. The average molecular weight is 821 g/mol. The lowest BCUT2D eigenvalue weighted by atomic mass is 10.2. The van der Waals surface area contributed by atoms with Gasteiger partial charge in [0.2, 0.25) is 0 Å². The van der Waals surface area contributed by atoms with Gasteiger partial charge in [0.15, 0.2) is 29.2 Å². The largest absolute Gasteiger partial charge is 0.245 e. The Labute approximate surface area is 335 Å². The van der Waals surface area contributed by atoms with Gasteiger partial charge in [0.05, 0.1) is 22.8 Å². The fourth-order valence-electron chi connectivity index (χ4n) is 5.06. The van der Waals surface area contributed by atoms with Crippen molar-refractivity contribution in [3.8, 4) is 45.0 Å². The first-order valence-electron chi connectivity index (χ1n) is 15.7. The van der Waals surface area contributed by atoms with Gasteiger partial charge < -0.3 is 0 Å². The molecule has 14 heteroatoms. The first-order chi connectivity index (χ1) is 25.6. The van der Waals surface area contributed by atoms with Gasteiger partial charge >= 0.3 is 0 Å². The Hall–Kier alpha value is -4.12. The molecule has 0 bridgehead atoms. The van der Waals surface area contributed by atoms with Gasteiger partial charge in [-0.25, -0.2) is 29.7 Å². The van der Waals surface area contributed by atoms with Crippen molar-refractivity contribution in [3.63, 3.8) is 0 Å². The number of thiazole rings is 4. The molecule has 0 saturated heterocycles. The standard InChI is InChI=1S/C38H24N6S8/c45-37(43(33-39-29(21-47-33)25-13-5-1-6-14-25)34-40-30(22-48-34)26-15-7-2-8-16-26)51-52-38(46)44(35-41-31(23-49-35)27-17-9-3-10-18-27)36-42-32(24-50-36)28-19-11-4-12-20-28/h1-24H. The van der Waals surface area contributed by atoms with Crippen LogP contribution in [0.4, 0.5) is 20.5 Å². The molecule has 0 N–H and O–H groups in total. The van der Waals surface area contributed by atoms with E-state index in [0.29, 0.717) is 8.64 Å². The Kier molecular flexibility index (Phi) is 10.9. The number of anilines is 4. The lowest BCUT2D eigenvalue weighted by Crippen LogP contribution is -2.23. The topological polar surface area (TPSA) is 58.0 Å². The Balaban J connectivity index is 1.10. The molecular weight excluding hydrogens is 797 g/mol. The lowest BCUT2D eigenvalue weighted by Gasteiger charge is -2.21. The van der Waals surface area contributed by atoms with Crippen molar-refractivity contribution in [2.24, 2.45) is 0 Å². The summed E-state index contributed by atoms with van der Waals surface area (Å²) in [5.74, 6) is 0. The van der Waals surface area contributed by atoms with Gasteiger partial charge in [-0.1, -0.05) is 146 Å². The molecular formula is C38H24N6S8. The summed E-state index contributed by atoms with van der Waals surface area (Å²) >= 11 is 18.4. The third kappa shape index (κ3) is 7.80. The number of aromatic nitrogens is 4. The Morgan fingerprint density at radius 3 is 0.846 bits per heavy atom. The third-order valence-corrected chi connectivity index (χ3v) is 14.3. The first kappa shape index (κ1) is 34.9. The second kappa shape index (κ2) is 16.3. The molecule has 4 aromatic carbocycles. The maximum Gasteiger partial charge on any atom is 0.198 e. The molecule has 8 aromatic rings. The summed E-state index contributed by atoms with van der Waals surface area (Å²) in [6.45, 7) is 0. The number of hydrogen-bond acceptors (Lipinski definition) is 12. The second-order valence-corrected chi connectivity index (χ2v) is 17.6. The normalized spacial score (nSPS) is 11.0. The minimum Gasteiger partial charge on any atom is -0.245 e. The van der Waals surface area contributed by atoms with Crippen LogP contribution >= 0.6 is 91.4 Å². The highest BCUT2D eigenvalue weighted by molar-refractivity contribution is 8.89. The van der Waals surface area contributed by atoms with Crippen LogP contribution in [0.25, 0.3) is 45.0 Å². The predicted octanol–water partition coefficient (Wildman–Crippen LogP) is 13.1. The molecule has 0 fully saturated rings. The molecule has 0 saturated carbocycles. The molecule has 0 atom stereocenters. The van der Waals surface area contributed by atoms with Crippen molar-refractivity contribution in [1.82, 2.24) is 19.9 Å². The average Bonchev–Trinajstić information content (AvgIpc) is 4.05. The highest BCUT2D eigenvalue weighted by Gasteiger charge is 2.27. The van der Waals surface area contributed by atoms with Crippen LogP contribution in [0.15, 0.2) is 143 Å². The van der Waals surface area contributed by atoms with E-state index in [0.717, 1.165) is 65.6 Å². The van der Waals surface area contributed by atoms with Crippen LogP contribution in [0.1, 0.15) is 0 Å². The summed E-state index contributed by atoms with van der Waals surface area (Å²) in [4.78, 5) is 24.0. The van der Waals surface area contributed by atoms with Crippen LogP contribution in [0, 0.1) is 0 Å². The van der Waals surface area contributed by atoms with Gasteiger partial charge in [-0.2, -0.15) is 0 Å². The van der Waals surface area contributed by atoms with E-state index in [9.17, 15) is 0 Å². The molecule has 0 aliphatic carbocycles. The van der Waals surface area contributed by atoms with Crippen molar-refractivity contribution < 1.29 is 0 Å². The lowest BCUT2D eigenvalue weighted by molar-refractivity contribution is 1.26. The van der Waals surface area contributed by atoms with E-state index in [1.165, 1.54) is 66.9 Å². The molecule has 254 valence electrons. The summed E-state index contributed by atoms with van der Waals surface area (Å²) in [6, 6.07) is 40.6. The third-order valence-electron chi connectivity index (χ3n) is 7.56. The SMILES string of the molecule is S=C(SSC(=S)N(c1nc(-c2ccccc2)cs1)c1nc(-c2ccccc2)cs1)N(c1nc(-c2ccccc2)cs1)c1nc(-c2ccccc2)cs1. The fraction of sp³-hybridized carbons (Fsp3) is 0. The Morgan fingerprint density at radius 1 is 0.385 bits per heavy atom. The van der Waals surface area contributed by atoms with Gasteiger partial charge in [0, 0.05) is 43.8 Å². The summed E-state index contributed by atoms with van der Waals surface area (Å²) in [5.41, 5.74) is 7.66. The van der Waals surface area contributed by atoms with Crippen molar-refractivity contribution in [1.29, 1.82) is 0 Å².